The number of ether oxygens (including phenoxy) is 3. The number of carbonyl (C=O) groups is 3. The lowest BCUT2D eigenvalue weighted by Gasteiger charge is -2.16. The fourth-order valence-corrected chi connectivity index (χ4v) is 4.03. The van der Waals surface area contributed by atoms with Crippen LogP contribution in [0.2, 0.25) is 0 Å². The van der Waals surface area contributed by atoms with Gasteiger partial charge < -0.3 is 24.8 Å². The Kier molecular flexibility index (Phi) is 13.2. The van der Waals surface area contributed by atoms with E-state index in [4.69, 9.17) is 14.2 Å². The van der Waals surface area contributed by atoms with Gasteiger partial charge in [0.2, 0.25) is 11.8 Å². The van der Waals surface area contributed by atoms with Crippen molar-refractivity contribution in [1.29, 1.82) is 0 Å². The molecule has 0 bridgehead atoms. The molecule has 218 valence electrons. The third-order valence-electron chi connectivity index (χ3n) is 6.25. The van der Waals surface area contributed by atoms with Crippen LogP contribution in [0.15, 0.2) is 78.9 Å². The van der Waals surface area contributed by atoms with Gasteiger partial charge in [-0.15, -0.1) is 0 Å². The molecule has 0 aliphatic rings. The monoisotopic (exact) mass is 560 g/mol. The second-order valence-corrected chi connectivity index (χ2v) is 9.59. The lowest BCUT2D eigenvalue weighted by molar-refractivity contribution is -0.150. The van der Waals surface area contributed by atoms with Gasteiger partial charge in [0.05, 0.1) is 19.8 Å². The highest BCUT2D eigenvalue weighted by Gasteiger charge is 2.28. The summed E-state index contributed by atoms with van der Waals surface area (Å²) in [5.41, 5.74) is 2.01. The molecule has 0 aliphatic carbocycles. The lowest BCUT2D eigenvalue weighted by atomic mass is 9.98. The number of anilines is 2. The van der Waals surface area contributed by atoms with Gasteiger partial charge in [0.25, 0.3) is 0 Å². The van der Waals surface area contributed by atoms with Crippen molar-refractivity contribution in [3.8, 4) is 11.5 Å². The molecule has 0 fully saturated rings. The molecule has 0 aliphatic heterocycles. The minimum absolute atomic E-state index is 0.0988. The van der Waals surface area contributed by atoms with E-state index < -0.39 is 17.8 Å². The van der Waals surface area contributed by atoms with Gasteiger partial charge >= 0.3 is 5.97 Å². The molecule has 0 aromatic heterocycles. The van der Waals surface area contributed by atoms with Gasteiger partial charge in [-0.25, -0.2) is 0 Å². The summed E-state index contributed by atoms with van der Waals surface area (Å²) in [6.07, 6.45) is 4.13. The Labute approximate surface area is 242 Å². The van der Waals surface area contributed by atoms with Crippen molar-refractivity contribution >= 4 is 29.2 Å². The zero-order valence-corrected chi connectivity index (χ0v) is 23.9. The van der Waals surface area contributed by atoms with Crippen molar-refractivity contribution in [2.75, 3.05) is 30.5 Å². The molecular weight excluding hydrogens is 520 g/mol. The zero-order valence-electron chi connectivity index (χ0n) is 23.9. The van der Waals surface area contributed by atoms with Crippen molar-refractivity contribution in [2.45, 2.75) is 52.4 Å². The van der Waals surface area contributed by atoms with E-state index in [0.29, 0.717) is 37.4 Å². The third-order valence-corrected chi connectivity index (χ3v) is 6.25. The van der Waals surface area contributed by atoms with E-state index in [1.807, 2.05) is 54.6 Å². The van der Waals surface area contributed by atoms with Crippen molar-refractivity contribution in [3.63, 3.8) is 0 Å². The van der Waals surface area contributed by atoms with E-state index in [2.05, 4.69) is 17.6 Å². The summed E-state index contributed by atoms with van der Waals surface area (Å²) < 4.78 is 16.6. The molecule has 0 saturated carbocycles. The van der Waals surface area contributed by atoms with Crippen LogP contribution in [0.3, 0.4) is 0 Å². The second kappa shape index (κ2) is 17.4. The maximum absolute atomic E-state index is 12.9. The quantitative estimate of drug-likeness (QED) is 0.112. The Bertz CT molecular complexity index is 1230. The number of esters is 1. The van der Waals surface area contributed by atoms with Crippen LogP contribution >= 0.6 is 0 Å². The molecule has 3 aromatic carbocycles. The van der Waals surface area contributed by atoms with Crippen LogP contribution in [0.25, 0.3) is 0 Å². The molecule has 2 amide bonds. The Morgan fingerprint density at radius 1 is 0.732 bits per heavy atom. The van der Waals surface area contributed by atoms with Crippen LogP contribution in [-0.2, 0) is 25.5 Å². The number of hydrogen-bond donors (Lipinski definition) is 2. The van der Waals surface area contributed by atoms with Crippen LogP contribution in [0.1, 0.15) is 51.5 Å². The van der Waals surface area contributed by atoms with Gasteiger partial charge in [-0.1, -0.05) is 49.7 Å². The largest absolute Gasteiger partial charge is 0.493 e. The van der Waals surface area contributed by atoms with Crippen molar-refractivity contribution in [3.05, 3.63) is 84.4 Å². The fourth-order valence-electron chi connectivity index (χ4n) is 4.03. The topological polar surface area (TPSA) is 103 Å². The Morgan fingerprint density at radius 3 is 2.00 bits per heavy atom. The number of unbranched alkanes of at least 4 members (excludes halogenated alkanes) is 2. The molecule has 0 radical (unpaired) electrons. The summed E-state index contributed by atoms with van der Waals surface area (Å²) in [4.78, 5) is 37.8. The van der Waals surface area contributed by atoms with Crippen LogP contribution < -0.4 is 20.1 Å². The molecule has 2 N–H and O–H groups in total. The Morgan fingerprint density at radius 2 is 1.37 bits per heavy atom. The van der Waals surface area contributed by atoms with E-state index in [-0.39, 0.29) is 18.9 Å². The molecule has 0 spiro atoms. The normalized spacial score (nSPS) is 11.3. The maximum atomic E-state index is 12.9. The third kappa shape index (κ3) is 11.4. The Hall–Kier alpha value is -4.33. The smallest absolute Gasteiger partial charge is 0.318 e. The summed E-state index contributed by atoms with van der Waals surface area (Å²) in [5, 5.41) is 5.66. The summed E-state index contributed by atoms with van der Waals surface area (Å²) in [7, 11) is 0. The predicted octanol–water partition coefficient (Wildman–Crippen LogP) is 6.41. The van der Waals surface area contributed by atoms with Crippen molar-refractivity contribution in [2.24, 2.45) is 5.92 Å². The number of rotatable bonds is 17. The number of nitrogens with one attached hydrogen (secondary N) is 2. The molecule has 8 heteroatoms. The molecule has 0 heterocycles. The highest BCUT2D eigenvalue weighted by Crippen LogP contribution is 2.21. The molecular formula is C33H40N2O6. The van der Waals surface area contributed by atoms with E-state index in [9.17, 15) is 14.4 Å². The van der Waals surface area contributed by atoms with E-state index >= 15 is 0 Å². The van der Waals surface area contributed by atoms with Gasteiger partial charge in [0, 0.05) is 23.9 Å². The second-order valence-electron chi connectivity index (χ2n) is 9.59. The van der Waals surface area contributed by atoms with E-state index in [1.54, 1.807) is 31.2 Å². The fraction of sp³-hybridized carbons (Fsp3) is 0.364. The lowest BCUT2D eigenvalue weighted by Crippen LogP contribution is -2.33. The highest BCUT2D eigenvalue weighted by atomic mass is 16.5. The SMILES string of the molecule is CCCCOc1cccc(OCCCCC(=O)Nc2ccc(NC(=O)C(Cc3ccccc3)C(=O)OCC)cc2)c1. The molecule has 1 atom stereocenters. The molecule has 8 nitrogen and oxygen atoms in total. The van der Waals surface area contributed by atoms with E-state index in [1.165, 1.54) is 0 Å². The van der Waals surface area contributed by atoms with Crippen LogP contribution in [-0.4, -0.2) is 37.6 Å². The number of amides is 2. The summed E-state index contributed by atoms with van der Waals surface area (Å²) in [6.45, 7) is 5.23. The minimum Gasteiger partial charge on any atom is -0.493 e. The van der Waals surface area contributed by atoms with Crippen LogP contribution in [0.4, 0.5) is 11.4 Å². The predicted molar refractivity (Wildman–Crippen MR) is 160 cm³/mol. The molecule has 41 heavy (non-hydrogen) atoms. The maximum Gasteiger partial charge on any atom is 0.318 e. The number of carbonyl (C=O) groups excluding carboxylic acids is 3. The number of hydrogen-bond acceptors (Lipinski definition) is 6. The minimum atomic E-state index is -0.969. The van der Waals surface area contributed by atoms with Gasteiger partial charge in [-0.3, -0.25) is 14.4 Å². The van der Waals surface area contributed by atoms with E-state index in [0.717, 1.165) is 36.3 Å². The molecule has 0 saturated heterocycles. The average molecular weight is 561 g/mol. The molecule has 3 rings (SSSR count). The first kappa shape index (κ1) is 31.2. The summed E-state index contributed by atoms with van der Waals surface area (Å²) >= 11 is 0. The summed E-state index contributed by atoms with van der Waals surface area (Å²) in [6, 6.07) is 23.7. The highest BCUT2D eigenvalue weighted by molar-refractivity contribution is 6.05. The zero-order chi connectivity index (χ0) is 29.3. The molecule has 1 unspecified atom stereocenters. The first-order valence-corrected chi connectivity index (χ1v) is 14.3. The average Bonchev–Trinajstić information content (AvgIpc) is 2.98. The van der Waals surface area contributed by atoms with Gasteiger partial charge in [0.1, 0.15) is 17.4 Å². The first-order chi connectivity index (χ1) is 20.0. The Balaban J connectivity index is 1.40. The van der Waals surface area contributed by atoms with Gasteiger partial charge in [-0.2, -0.15) is 0 Å². The van der Waals surface area contributed by atoms with Crippen molar-refractivity contribution < 1.29 is 28.6 Å². The standard InChI is InChI=1S/C33H40N2O6/c1-3-5-21-40-28-14-11-15-29(24-28)41-22-10-9-16-31(36)34-26-17-19-27(20-18-26)35-32(37)30(33(38)39-4-2)23-25-12-7-6-8-13-25/h6-8,11-15,17-20,24,30H,3-5,9-10,16,21-23H2,1-2H3,(H,34,36)(H,35,37). The summed E-state index contributed by atoms with van der Waals surface area (Å²) in [5.74, 6) is -0.520. The van der Waals surface area contributed by atoms with Gasteiger partial charge in [0.15, 0.2) is 0 Å². The van der Waals surface area contributed by atoms with Crippen LogP contribution in [0.5, 0.6) is 11.5 Å². The molecule has 3 aromatic rings. The first-order valence-electron chi connectivity index (χ1n) is 14.3. The van der Waals surface area contributed by atoms with Crippen LogP contribution in [0, 0.1) is 5.92 Å². The number of benzene rings is 3. The van der Waals surface area contributed by atoms with Gasteiger partial charge in [-0.05, 0) is 74.6 Å². The van der Waals surface area contributed by atoms with Crippen molar-refractivity contribution in [1.82, 2.24) is 0 Å².